The molecule has 132 valence electrons. The number of amides is 1. The van der Waals surface area contributed by atoms with E-state index in [1.165, 1.54) is 26.8 Å². The number of carbonyl (C=O) groups is 1. The highest BCUT2D eigenvalue weighted by Gasteiger charge is 2.31. The molecule has 0 atom stereocenters. The van der Waals surface area contributed by atoms with Crippen LogP contribution >= 0.6 is 11.3 Å². The number of aryl methyl sites for hydroxylation is 2. The molecule has 1 aromatic carbocycles. The molecule has 1 amide bonds. The molecule has 7 heteroatoms. The zero-order chi connectivity index (χ0) is 17.4. The fourth-order valence-electron chi connectivity index (χ4n) is 3.56. The first-order chi connectivity index (χ1) is 12.1. The monoisotopic (exact) mass is 376 g/mol. The first-order valence-electron chi connectivity index (χ1n) is 8.50. The van der Waals surface area contributed by atoms with E-state index >= 15 is 0 Å². The van der Waals surface area contributed by atoms with Crippen molar-refractivity contribution in [3.8, 4) is 0 Å². The van der Waals surface area contributed by atoms with E-state index in [1.807, 2.05) is 12.1 Å². The van der Waals surface area contributed by atoms with Crippen LogP contribution in [0, 0.1) is 0 Å². The number of fused-ring (bicyclic) bond motifs is 1. The van der Waals surface area contributed by atoms with Crippen LogP contribution in [-0.4, -0.2) is 49.7 Å². The number of thiophene rings is 1. The maximum atomic E-state index is 12.7. The number of nitrogens with zero attached hydrogens (tertiary/aromatic N) is 2. The van der Waals surface area contributed by atoms with E-state index in [0.717, 1.165) is 24.8 Å². The Kier molecular flexibility index (Phi) is 4.39. The molecule has 1 fully saturated rings. The molecule has 0 unspecified atom stereocenters. The van der Waals surface area contributed by atoms with Crippen LogP contribution in [-0.2, 0) is 22.9 Å². The zero-order valence-corrected chi connectivity index (χ0v) is 15.5. The van der Waals surface area contributed by atoms with Crippen molar-refractivity contribution in [1.82, 2.24) is 9.21 Å². The average molecular weight is 377 g/mol. The third kappa shape index (κ3) is 3.12. The van der Waals surface area contributed by atoms with Gasteiger partial charge < -0.3 is 4.90 Å². The van der Waals surface area contributed by atoms with Gasteiger partial charge in [-0.2, -0.15) is 4.31 Å². The number of carbonyl (C=O) groups excluding carboxylic acids is 1. The van der Waals surface area contributed by atoms with E-state index in [0.29, 0.717) is 30.4 Å². The first-order valence-corrected chi connectivity index (χ1v) is 10.8. The van der Waals surface area contributed by atoms with E-state index in [2.05, 4.69) is 6.07 Å². The molecule has 2 aliphatic rings. The van der Waals surface area contributed by atoms with Crippen LogP contribution in [0.25, 0.3) is 0 Å². The molecule has 1 aliphatic heterocycles. The molecule has 0 radical (unpaired) electrons. The van der Waals surface area contributed by atoms with Crippen LogP contribution in [0.4, 0.5) is 0 Å². The highest BCUT2D eigenvalue weighted by atomic mass is 32.2. The zero-order valence-electron chi connectivity index (χ0n) is 13.8. The van der Waals surface area contributed by atoms with Crippen molar-refractivity contribution >= 4 is 27.3 Å². The van der Waals surface area contributed by atoms with Crippen LogP contribution in [0.15, 0.2) is 39.9 Å². The molecule has 1 aliphatic carbocycles. The number of benzene rings is 1. The summed E-state index contributed by atoms with van der Waals surface area (Å²) in [6.07, 6.45) is 3.30. The number of hydrogen-bond donors (Lipinski definition) is 0. The van der Waals surface area contributed by atoms with E-state index in [1.54, 1.807) is 22.4 Å². The van der Waals surface area contributed by atoms with Crippen molar-refractivity contribution in [2.75, 3.05) is 26.2 Å². The van der Waals surface area contributed by atoms with Gasteiger partial charge in [0.05, 0.1) is 0 Å². The standard InChI is InChI=1S/C18H20N2O3S2/c21-18(16-7-6-14-3-1-4-15(14)13-16)19-8-10-20(11-9-19)25(22,23)17-5-2-12-24-17/h2,5-7,12-13H,1,3-4,8-11H2. The SMILES string of the molecule is O=C(c1ccc2c(c1)CCC2)N1CCN(S(=O)(=O)c2cccs2)CC1. The average Bonchev–Trinajstić information content (AvgIpc) is 3.32. The van der Waals surface area contributed by atoms with Gasteiger partial charge in [0.25, 0.3) is 15.9 Å². The molecule has 2 aromatic rings. The van der Waals surface area contributed by atoms with Crippen LogP contribution in [0.5, 0.6) is 0 Å². The second-order valence-corrected chi connectivity index (χ2v) is 9.58. The molecule has 25 heavy (non-hydrogen) atoms. The molecule has 4 rings (SSSR count). The summed E-state index contributed by atoms with van der Waals surface area (Å²) in [5.74, 6) is 0.00266. The molecule has 5 nitrogen and oxygen atoms in total. The fraction of sp³-hybridized carbons (Fsp3) is 0.389. The minimum Gasteiger partial charge on any atom is -0.336 e. The molecule has 0 spiro atoms. The van der Waals surface area contributed by atoms with Gasteiger partial charge in [0.2, 0.25) is 0 Å². The van der Waals surface area contributed by atoms with Gasteiger partial charge in [0.1, 0.15) is 4.21 Å². The lowest BCUT2D eigenvalue weighted by Gasteiger charge is -2.33. The Labute approximate surface area is 151 Å². The Morgan fingerprint density at radius 3 is 2.48 bits per heavy atom. The molecule has 0 bridgehead atoms. The summed E-state index contributed by atoms with van der Waals surface area (Å²) in [4.78, 5) is 14.5. The van der Waals surface area contributed by atoms with Gasteiger partial charge in [-0.15, -0.1) is 11.3 Å². The van der Waals surface area contributed by atoms with Crippen molar-refractivity contribution < 1.29 is 13.2 Å². The summed E-state index contributed by atoms with van der Waals surface area (Å²) in [7, 11) is -3.43. The van der Waals surface area contributed by atoms with Gasteiger partial charge in [-0.1, -0.05) is 12.1 Å². The Hall–Kier alpha value is -1.70. The van der Waals surface area contributed by atoms with Crippen molar-refractivity contribution in [3.63, 3.8) is 0 Å². The first kappa shape index (κ1) is 16.8. The number of rotatable bonds is 3. The number of sulfonamides is 1. The Balaban J connectivity index is 1.44. The predicted molar refractivity (Wildman–Crippen MR) is 97.4 cm³/mol. The minimum absolute atomic E-state index is 0.00266. The third-order valence-corrected chi connectivity index (χ3v) is 8.23. The summed E-state index contributed by atoms with van der Waals surface area (Å²) in [5.41, 5.74) is 3.35. The van der Waals surface area contributed by atoms with Gasteiger partial charge in [-0.3, -0.25) is 4.79 Å². The largest absolute Gasteiger partial charge is 0.336 e. The third-order valence-electron chi connectivity index (χ3n) is 4.96. The second kappa shape index (κ2) is 6.55. The number of piperazine rings is 1. The molecular weight excluding hydrogens is 356 g/mol. The van der Waals surface area contributed by atoms with Crippen molar-refractivity contribution in [1.29, 1.82) is 0 Å². The van der Waals surface area contributed by atoms with E-state index in [4.69, 9.17) is 0 Å². The summed E-state index contributed by atoms with van der Waals surface area (Å²) in [5, 5.41) is 1.76. The van der Waals surface area contributed by atoms with E-state index < -0.39 is 10.0 Å². The maximum absolute atomic E-state index is 12.7. The van der Waals surface area contributed by atoms with E-state index in [-0.39, 0.29) is 5.91 Å². The normalized spacial score (nSPS) is 18.3. The predicted octanol–water partition coefficient (Wildman–Crippen LogP) is 2.38. The van der Waals surface area contributed by atoms with Crippen LogP contribution in [0.3, 0.4) is 0 Å². The topological polar surface area (TPSA) is 57.7 Å². The smallest absolute Gasteiger partial charge is 0.253 e. The van der Waals surface area contributed by atoms with Gasteiger partial charge in [-0.25, -0.2) is 8.42 Å². The van der Waals surface area contributed by atoms with Crippen molar-refractivity contribution in [3.05, 3.63) is 52.4 Å². The van der Waals surface area contributed by atoms with Crippen LogP contribution in [0.2, 0.25) is 0 Å². The molecular formula is C18H20N2O3S2. The lowest BCUT2D eigenvalue weighted by Crippen LogP contribution is -2.50. The van der Waals surface area contributed by atoms with Gasteiger partial charge in [0, 0.05) is 31.7 Å². The van der Waals surface area contributed by atoms with Gasteiger partial charge >= 0.3 is 0 Å². The molecule has 0 saturated carbocycles. The lowest BCUT2D eigenvalue weighted by atomic mass is 10.1. The lowest BCUT2D eigenvalue weighted by molar-refractivity contribution is 0.0698. The summed E-state index contributed by atoms with van der Waals surface area (Å²) in [6, 6.07) is 9.35. The Morgan fingerprint density at radius 1 is 1.00 bits per heavy atom. The van der Waals surface area contributed by atoms with E-state index in [9.17, 15) is 13.2 Å². The second-order valence-electron chi connectivity index (χ2n) is 6.47. The fourth-order valence-corrected chi connectivity index (χ4v) is 6.12. The Bertz CT molecular complexity index is 883. The van der Waals surface area contributed by atoms with Crippen LogP contribution < -0.4 is 0 Å². The maximum Gasteiger partial charge on any atom is 0.253 e. The molecule has 0 N–H and O–H groups in total. The summed E-state index contributed by atoms with van der Waals surface area (Å²) < 4.78 is 27.0. The quantitative estimate of drug-likeness (QED) is 0.826. The minimum atomic E-state index is -3.43. The molecule has 1 saturated heterocycles. The molecule has 2 heterocycles. The van der Waals surface area contributed by atoms with Crippen molar-refractivity contribution in [2.45, 2.75) is 23.5 Å². The van der Waals surface area contributed by atoms with Gasteiger partial charge in [-0.05, 0) is 54.0 Å². The molecule has 1 aromatic heterocycles. The van der Waals surface area contributed by atoms with Crippen molar-refractivity contribution in [2.24, 2.45) is 0 Å². The Morgan fingerprint density at radius 2 is 1.76 bits per heavy atom. The van der Waals surface area contributed by atoms with Gasteiger partial charge in [0.15, 0.2) is 0 Å². The summed E-state index contributed by atoms with van der Waals surface area (Å²) in [6.45, 7) is 1.55. The summed E-state index contributed by atoms with van der Waals surface area (Å²) >= 11 is 1.23. The van der Waals surface area contributed by atoms with Crippen LogP contribution in [0.1, 0.15) is 27.9 Å². The highest BCUT2D eigenvalue weighted by molar-refractivity contribution is 7.91. The number of hydrogen-bond acceptors (Lipinski definition) is 4. The highest BCUT2D eigenvalue weighted by Crippen LogP contribution is 2.25.